The molecule has 0 saturated heterocycles. The van der Waals surface area contributed by atoms with Crippen LogP contribution in [0.2, 0.25) is 0 Å². The molecule has 1 heterocycles. The molecule has 0 fully saturated rings. The van der Waals surface area contributed by atoms with Crippen LogP contribution in [0.5, 0.6) is 5.75 Å². The molecule has 0 saturated carbocycles. The van der Waals surface area contributed by atoms with E-state index in [0.717, 1.165) is 36.0 Å². The standard InChI is InChI=1S/C28H34O3/c1-6-21(15-20-10-8-7-9-11-20)26-17-25(29)27(28(30)31-26)24-16-22(19(4)5)12-13-23(24)14-18(2)3/h7-13,16-19,21,29H,6,14-15H2,1-5H3. The van der Waals surface area contributed by atoms with E-state index >= 15 is 0 Å². The number of benzene rings is 2. The largest absolute Gasteiger partial charge is 0.507 e. The lowest BCUT2D eigenvalue weighted by Crippen LogP contribution is -2.11. The molecule has 3 aromatic rings. The third-order valence-electron chi connectivity index (χ3n) is 5.87. The number of rotatable bonds is 8. The molecule has 164 valence electrons. The summed E-state index contributed by atoms with van der Waals surface area (Å²) in [6, 6.07) is 18.0. The van der Waals surface area contributed by atoms with E-state index in [0.29, 0.717) is 17.6 Å². The second-order valence-corrected chi connectivity index (χ2v) is 9.16. The molecule has 0 radical (unpaired) electrons. The molecule has 1 aromatic heterocycles. The van der Waals surface area contributed by atoms with Gasteiger partial charge in [0.15, 0.2) is 0 Å². The van der Waals surface area contributed by atoms with Crippen LogP contribution in [0.3, 0.4) is 0 Å². The zero-order valence-electron chi connectivity index (χ0n) is 19.3. The zero-order valence-corrected chi connectivity index (χ0v) is 19.3. The SMILES string of the molecule is CCC(Cc1ccccc1)c1cc(O)c(-c2cc(C(C)C)ccc2CC(C)C)c(=O)o1. The quantitative estimate of drug-likeness (QED) is 0.425. The zero-order chi connectivity index (χ0) is 22.5. The minimum atomic E-state index is -0.465. The Kier molecular flexibility index (Phi) is 7.37. The summed E-state index contributed by atoms with van der Waals surface area (Å²) in [4.78, 5) is 13.1. The molecule has 0 aliphatic heterocycles. The lowest BCUT2D eigenvalue weighted by Gasteiger charge is -2.18. The van der Waals surface area contributed by atoms with Gasteiger partial charge in [0.2, 0.25) is 0 Å². The Morgan fingerprint density at radius 3 is 2.23 bits per heavy atom. The molecule has 1 unspecified atom stereocenters. The molecule has 0 amide bonds. The average Bonchev–Trinajstić information content (AvgIpc) is 2.72. The highest BCUT2D eigenvalue weighted by Gasteiger charge is 2.21. The second-order valence-electron chi connectivity index (χ2n) is 9.16. The smallest absolute Gasteiger partial charge is 0.347 e. The first-order valence-electron chi connectivity index (χ1n) is 11.3. The molecule has 0 aliphatic rings. The van der Waals surface area contributed by atoms with Gasteiger partial charge in [-0.3, -0.25) is 0 Å². The minimum Gasteiger partial charge on any atom is -0.507 e. The Labute approximate surface area is 185 Å². The third kappa shape index (κ3) is 5.46. The first-order valence-corrected chi connectivity index (χ1v) is 11.3. The normalized spacial score (nSPS) is 12.5. The highest BCUT2D eigenvalue weighted by molar-refractivity contribution is 5.73. The topological polar surface area (TPSA) is 50.4 Å². The van der Waals surface area contributed by atoms with Crippen molar-refractivity contribution in [3.05, 3.63) is 87.5 Å². The van der Waals surface area contributed by atoms with Crippen LogP contribution in [0.1, 0.15) is 75.3 Å². The number of hydrogen-bond acceptors (Lipinski definition) is 3. The molecule has 2 aromatic carbocycles. The van der Waals surface area contributed by atoms with E-state index in [1.165, 1.54) is 5.56 Å². The van der Waals surface area contributed by atoms with Crippen molar-refractivity contribution in [1.29, 1.82) is 0 Å². The van der Waals surface area contributed by atoms with Crippen LogP contribution in [-0.2, 0) is 12.8 Å². The second kappa shape index (κ2) is 10.00. The molecule has 3 rings (SSSR count). The van der Waals surface area contributed by atoms with Crippen LogP contribution in [0, 0.1) is 5.92 Å². The van der Waals surface area contributed by atoms with Gasteiger partial charge in [-0.25, -0.2) is 4.79 Å². The predicted molar refractivity (Wildman–Crippen MR) is 128 cm³/mol. The summed E-state index contributed by atoms with van der Waals surface area (Å²) >= 11 is 0. The summed E-state index contributed by atoms with van der Waals surface area (Å²) in [5, 5.41) is 11.0. The average molecular weight is 419 g/mol. The van der Waals surface area contributed by atoms with Crippen molar-refractivity contribution in [1.82, 2.24) is 0 Å². The number of aromatic hydroxyl groups is 1. The van der Waals surface area contributed by atoms with Crippen molar-refractivity contribution < 1.29 is 9.52 Å². The van der Waals surface area contributed by atoms with E-state index in [1.54, 1.807) is 6.07 Å². The van der Waals surface area contributed by atoms with Crippen LogP contribution in [0.15, 0.2) is 63.8 Å². The minimum absolute atomic E-state index is 0.00340. The summed E-state index contributed by atoms with van der Waals surface area (Å²) < 4.78 is 5.81. The van der Waals surface area contributed by atoms with Crippen LogP contribution in [0.25, 0.3) is 11.1 Å². The van der Waals surface area contributed by atoms with Gasteiger partial charge < -0.3 is 9.52 Å². The molecule has 1 atom stereocenters. The maximum Gasteiger partial charge on any atom is 0.347 e. The maximum absolute atomic E-state index is 13.1. The summed E-state index contributed by atoms with van der Waals surface area (Å²) in [6.07, 6.45) is 2.42. The molecule has 3 nitrogen and oxygen atoms in total. The Morgan fingerprint density at radius 2 is 1.65 bits per heavy atom. The molecular formula is C28H34O3. The Balaban J connectivity index is 2.06. The summed E-state index contributed by atoms with van der Waals surface area (Å²) in [7, 11) is 0. The first-order chi connectivity index (χ1) is 14.8. The fraction of sp³-hybridized carbons (Fsp3) is 0.393. The Hall–Kier alpha value is -2.81. The third-order valence-corrected chi connectivity index (χ3v) is 5.87. The maximum atomic E-state index is 13.1. The van der Waals surface area contributed by atoms with E-state index in [-0.39, 0.29) is 17.2 Å². The van der Waals surface area contributed by atoms with Crippen molar-refractivity contribution in [3.63, 3.8) is 0 Å². The molecule has 3 heteroatoms. The number of hydrogen-bond donors (Lipinski definition) is 1. The molecule has 0 spiro atoms. The fourth-order valence-electron chi connectivity index (χ4n) is 4.10. The highest BCUT2D eigenvalue weighted by atomic mass is 16.4. The molecule has 31 heavy (non-hydrogen) atoms. The van der Waals surface area contributed by atoms with Gasteiger partial charge >= 0.3 is 5.63 Å². The van der Waals surface area contributed by atoms with Gasteiger partial charge in [-0.15, -0.1) is 0 Å². The fourth-order valence-corrected chi connectivity index (χ4v) is 4.10. The Bertz CT molecular complexity index is 1060. The molecule has 0 aliphatic carbocycles. The van der Waals surface area contributed by atoms with Crippen LogP contribution in [0.4, 0.5) is 0 Å². The summed E-state index contributed by atoms with van der Waals surface area (Å²) in [5.41, 5.74) is 3.98. The van der Waals surface area contributed by atoms with E-state index in [1.807, 2.05) is 24.3 Å². The van der Waals surface area contributed by atoms with Crippen molar-refractivity contribution in [2.45, 2.75) is 65.7 Å². The van der Waals surface area contributed by atoms with Gasteiger partial charge in [-0.05, 0) is 53.4 Å². The van der Waals surface area contributed by atoms with E-state index in [2.05, 4.69) is 58.9 Å². The van der Waals surface area contributed by atoms with E-state index < -0.39 is 5.63 Å². The van der Waals surface area contributed by atoms with Crippen LogP contribution in [-0.4, -0.2) is 5.11 Å². The van der Waals surface area contributed by atoms with Crippen molar-refractivity contribution >= 4 is 0 Å². The van der Waals surface area contributed by atoms with Crippen molar-refractivity contribution in [2.24, 2.45) is 5.92 Å². The first kappa shape index (κ1) is 22.9. The van der Waals surface area contributed by atoms with E-state index in [9.17, 15) is 9.90 Å². The molecule has 0 bridgehead atoms. The highest BCUT2D eigenvalue weighted by Crippen LogP contribution is 2.35. The predicted octanol–water partition coefficient (Wildman–Crippen LogP) is 7.07. The van der Waals surface area contributed by atoms with Crippen molar-refractivity contribution in [2.75, 3.05) is 0 Å². The van der Waals surface area contributed by atoms with Crippen LogP contribution >= 0.6 is 0 Å². The van der Waals surface area contributed by atoms with Gasteiger partial charge in [0.1, 0.15) is 17.1 Å². The summed E-state index contributed by atoms with van der Waals surface area (Å²) in [6.45, 7) is 10.6. The van der Waals surface area contributed by atoms with Gasteiger partial charge in [0, 0.05) is 12.0 Å². The van der Waals surface area contributed by atoms with Gasteiger partial charge in [-0.2, -0.15) is 0 Å². The van der Waals surface area contributed by atoms with Crippen LogP contribution < -0.4 is 5.63 Å². The Morgan fingerprint density at radius 1 is 0.935 bits per heavy atom. The molecular weight excluding hydrogens is 384 g/mol. The summed E-state index contributed by atoms with van der Waals surface area (Å²) in [5.74, 6) is 1.35. The van der Waals surface area contributed by atoms with E-state index in [4.69, 9.17) is 4.42 Å². The lowest BCUT2D eigenvalue weighted by atomic mass is 9.89. The van der Waals surface area contributed by atoms with Crippen molar-refractivity contribution in [3.8, 4) is 16.9 Å². The molecule has 1 N–H and O–H groups in total. The monoisotopic (exact) mass is 418 g/mol. The van der Waals surface area contributed by atoms with Gasteiger partial charge in [-0.1, -0.05) is 83.1 Å². The van der Waals surface area contributed by atoms with Gasteiger partial charge in [0.05, 0.1) is 0 Å². The lowest BCUT2D eigenvalue weighted by molar-refractivity contribution is 0.396. The van der Waals surface area contributed by atoms with Gasteiger partial charge in [0.25, 0.3) is 0 Å².